The summed E-state index contributed by atoms with van der Waals surface area (Å²) in [5.74, 6) is -0.253. The van der Waals surface area contributed by atoms with Gasteiger partial charge >= 0.3 is 0 Å². The highest BCUT2D eigenvalue weighted by atomic mass is 16.6. The maximum atomic E-state index is 12.0. The summed E-state index contributed by atoms with van der Waals surface area (Å²) in [6, 6.07) is 13.9. The Morgan fingerprint density at radius 2 is 1.80 bits per heavy atom. The van der Waals surface area contributed by atoms with Gasteiger partial charge in [-0.2, -0.15) is 0 Å². The van der Waals surface area contributed by atoms with Gasteiger partial charge in [-0.1, -0.05) is 30.3 Å². The van der Waals surface area contributed by atoms with Crippen molar-refractivity contribution in [3.63, 3.8) is 0 Å². The van der Waals surface area contributed by atoms with Crippen LogP contribution in [0.3, 0.4) is 0 Å². The van der Waals surface area contributed by atoms with Gasteiger partial charge in [-0.05, 0) is 23.6 Å². The lowest BCUT2D eigenvalue weighted by atomic mass is 9.93. The average Bonchev–Trinajstić information content (AvgIpc) is 2.76. The molecule has 1 atom stereocenters. The molecule has 0 saturated carbocycles. The maximum Gasteiger partial charge on any atom is 0.269 e. The second kappa shape index (κ2) is 4.77. The van der Waals surface area contributed by atoms with Crippen molar-refractivity contribution in [2.45, 2.75) is 12.3 Å². The van der Waals surface area contributed by atoms with Crippen LogP contribution < -0.4 is 5.32 Å². The van der Waals surface area contributed by atoms with Crippen LogP contribution in [0.15, 0.2) is 48.5 Å². The van der Waals surface area contributed by atoms with Gasteiger partial charge < -0.3 is 5.32 Å². The van der Waals surface area contributed by atoms with Crippen LogP contribution in [0.5, 0.6) is 0 Å². The zero-order valence-corrected chi connectivity index (χ0v) is 10.6. The summed E-state index contributed by atoms with van der Waals surface area (Å²) in [4.78, 5) is 22.2. The highest BCUT2D eigenvalue weighted by Gasteiger charge is 2.30. The molecule has 1 N–H and O–H groups in total. The van der Waals surface area contributed by atoms with Crippen molar-refractivity contribution in [2.75, 3.05) is 5.32 Å². The van der Waals surface area contributed by atoms with Crippen LogP contribution in [0.2, 0.25) is 0 Å². The topological polar surface area (TPSA) is 72.2 Å². The van der Waals surface area contributed by atoms with Gasteiger partial charge in [0.1, 0.15) is 0 Å². The number of carbonyl (C=O) groups is 1. The van der Waals surface area contributed by atoms with E-state index in [0.29, 0.717) is 6.42 Å². The van der Waals surface area contributed by atoms with Gasteiger partial charge in [0.2, 0.25) is 5.91 Å². The molecule has 2 aromatic carbocycles. The van der Waals surface area contributed by atoms with E-state index in [-0.39, 0.29) is 17.5 Å². The quantitative estimate of drug-likeness (QED) is 0.687. The number of anilines is 1. The number of nitro groups is 1. The summed E-state index contributed by atoms with van der Waals surface area (Å²) < 4.78 is 0. The minimum atomic E-state index is -0.429. The fraction of sp³-hybridized carbons (Fsp3) is 0.133. The minimum absolute atomic E-state index is 0.0236. The Kier molecular flexibility index (Phi) is 2.95. The Morgan fingerprint density at radius 1 is 1.10 bits per heavy atom. The third-order valence-electron chi connectivity index (χ3n) is 3.50. The van der Waals surface area contributed by atoms with E-state index in [2.05, 4.69) is 5.32 Å². The molecule has 20 heavy (non-hydrogen) atoms. The highest BCUT2D eigenvalue weighted by Crippen LogP contribution is 2.34. The number of para-hydroxylation sites is 1. The molecule has 1 aliphatic rings. The lowest BCUT2D eigenvalue weighted by Gasteiger charge is -2.08. The largest absolute Gasteiger partial charge is 0.325 e. The van der Waals surface area contributed by atoms with Crippen LogP contribution in [0.4, 0.5) is 11.4 Å². The first-order valence-electron chi connectivity index (χ1n) is 6.28. The number of hydrogen-bond acceptors (Lipinski definition) is 3. The number of carbonyl (C=O) groups excluding carboxylic acids is 1. The Morgan fingerprint density at radius 3 is 2.50 bits per heavy atom. The van der Waals surface area contributed by atoms with E-state index >= 15 is 0 Å². The molecule has 0 bridgehead atoms. The zero-order valence-electron chi connectivity index (χ0n) is 10.6. The second-order valence-corrected chi connectivity index (χ2v) is 4.76. The van der Waals surface area contributed by atoms with Gasteiger partial charge in [0.25, 0.3) is 5.69 Å². The maximum absolute atomic E-state index is 12.0. The highest BCUT2D eigenvalue weighted by molar-refractivity contribution is 6.03. The van der Waals surface area contributed by atoms with Crippen molar-refractivity contribution in [3.8, 4) is 0 Å². The van der Waals surface area contributed by atoms with Crippen molar-refractivity contribution in [3.05, 3.63) is 69.8 Å². The summed E-state index contributed by atoms with van der Waals surface area (Å²) in [6.45, 7) is 0. The zero-order chi connectivity index (χ0) is 14.1. The molecule has 1 heterocycles. The Bertz CT molecular complexity index is 680. The molecule has 1 amide bonds. The predicted molar refractivity (Wildman–Crippen MR) is 74.6 cm³/mol. The summed E-state index contributed by atoms with van der Waals surface area (Å²) >= 11 is 0. The second-order valence-electron chi connectivity index (χ2n) is 4.76. The molecular weight excluding hydrogens is 256 g/mol. The first-order chi connectivity index (χ1) is 9.65. The van der Waals surface area contributed by atoms with E-state index < -0.39 is 4.92 Å². The smallest absolute Gasteiger partial charge is 0.269 e. The molecule has 100 valence electrons. The van der Waals surface area contributed by atoms with Gasteiger partial charge in [0, 0.05) is 17.8 Å². The lowest BCUT2D eigenvalue weighted by molar-refractivity contribution is -0.384. The molecule has 5 nitrogen and oxygen atoms in total. The third-order valence-corrected chi connectivity index (χ3v) is 3.50. The molecule has 0 saturated heterocycles. The van der Waals surface area contributed by atoms with Gasteiger partial charge in [-0.25, -0.2) is 0 Å². The van der Waals surface area contributed by atoms with Gasteiger partial charge in [-0.3, -0.25) is 14.9 Å². The minimum Gasteiger partial charge on any atom is -0.325 e. The molecule has 0 spiro atoms. The number of nitro benzene ring substituents is 1. The number of rotatable bonds is 3. The Balaban J connectivity index is 1.84. The molecule has 0 radical (unpaired) electrons. The van der Waals surface area contributed by atoms with E-state index in [9.17, 15) is 14.9 Å². The number of nitrogens with zero attached hydrogens (tertiary/aromatic N) is 1. The number of amides is 1. The van der Waals surface area contributed by atoms with Crippen LogP contribution in [-0.4, -0.2) is 10.8 Å². The number of hydrogen-bond donors (Lipinski definition) is 1. The summed E-state index contributed by atoms with van der Waals surface area (Å²) in [5, 5.41) is 13.5. The lowest BCUT2D eigenvalue weighted by Crippen LogP contribution is -2.14. The SMILES string of the molecule is O=C1Nc2ccccc2[C@H]1Cc1ccc([N+](=O)[O-])cc1. The average molecular weight is 268 g/mol. The fourth-order valence-electron chi connectivity index (χ4n) is 2.47. The van der Waals surface area contributed by atoms with Crippen LogP contribution in [-0.2, 0) is 11.2 Å². The van der Waals surface area contributed by atoms with Crippen LogP contribution >= 0.6 is 0 Å². The fourth-order valence-corrected chi connectivity index (χ4v) is 2.47. The first-order valence-corrected chi connectivity index (χ1v) is 6.28. The Labute approximate surface area is 115 Å². The standard InChI is InChI=1S/C15H12N2O3/c18-15-13(12-3-1-2-4-14(12)16-15)9-10-5-7-11(8-6-10)17(19)20/h1-8,13H,9H2,(H,16,18)/t13-/m1/s1. The van der Waals surface area contributed by atoms with E-state index in [1.165, 1.54) is 12.1 Å². The molecular formula is C15H12N2O3. The summed E-state index contributed by atoms with van der Waals surface area (Å²) in [7, 11) is 0. The monoisotopic (exact) mass is 268 g/mol. The Hall–Kier alpha value is -2.69. The van der Waals surface area contributed by atoms with E-state index in [4.69, 9.17) is 0 Å². The van der Waals surface area contributed by atoms with Crippen LogP contribution in [0.1, 0.15) is 17.0 Å². The molecule has 5 heteroatoms. The number of non-ortho nitro benzene ring substituents is 1. The number of nitrogens with one attached hydrogen (secondary N) is 1. The van der Waals surface area contributed by atoms with Crippen molar-refractivity contribution < 1.29 is 9.72 Å². The summed E-state index contributed by atoms with van der Waals surface area (Å²) in [5.41, 5.74) is 2.80. The number of fused-ring (bicyclic) bond motifs is 1. The normalized spacial score (nSPS) is 16.6. The number of benzene rings is 2. The molecule has 0 fully saturated rings. The molecule has 0 unspecified atom stereocenters. The van der Waals surface area contributed by atoms with Crippen molar-refractivity contribution in [2.24, 2.45) is 0 Å². The van der Waals surface area contributed by atoms with Crippen LogP contribution in [0, 0.1) is 10.1 Å². The van der Waals surface area contributed by atoms with E-state index in [1.54, 1.807) is 12.1 Å². The predicted octanol–water partition coefficient (Wildman–Crippen LogP) is 2.87. The van der Waals surface area contributed by atoms with Crippen molar-refractivity contribution >= 4 is 17.3 Å². The third kappa shape index (κ3) is 2.14. The van der Waals surface area contributed by atoms with Crippen molar-refractivity contribution in [1.82, 2.24) is 0 Å². The molecule has 3 rings (SSSR count). The molecule has 0 aromatic heterocycles. The van der Waals surface area contributed by atoms with Gasteiger partial charge in [0.15, 0.2) is 0 Å². The van der Waals surface area contributed by atoms with Gasteiger partial charge in [0.05, 0.1) is 10.8 Å². The summed E-state index contributed by atoms with van der Waals surface area (Å²) in [6.07, 6.45) is 0.543. The van der Waals surface area contributed by atoms with Gasteiger partial charge in [-0.15, -0.1) is 0 Å². The molecule has 2 aromatic rings. The van der Waals surface area contributed by atoms with E-state index in [0.717, 1.165) is 16.8 Å². The molecule has 1 aliphatic heterocycles. The molecule has 0 aliphatic carbocycles. The van der Waals surface area contributed by atoms with E-state index in [1.807, 2.05) is 24.3 Å². The van der Waals surface area contributed by atoms with Crippen LogP contribution in [0.25, 0.3) is 0 Å². The van der Waals surface area contributed by atoms with Crippen molar-refractivity contribution in [1.29, 1.82) is 0 Å². The first kappa shape index (κ1) is 12.3.